The first kappa shape index (κ1) is 36.1. The molecular formula is C54H50O2. The van der Waals surface area contributed by atoms with Crippen LogP contribution in [0, 0.1) is 38.5 Å². The Labute approximate surface area is 332 Å². The zero-order valence-electron chi connectivity index (χ0n) is 33.0. The molecule has 0 bridgehead atoms. The lowest BCUT2D eigenvalue weighted by Gasteiger charge is -2.35. The van der Waals surface area contributed by atoms with Gasteiger partial charge < -0.3 is 5.11 Å². The summed E-state index contributed by atoms with van der Waals surface area (Å²) >= 11 is 0. The summed E-state index contributed by atoms with van der Waals surface area (Å²) in [6.07, 6.45) is 9.30. The minimum absolute atomic E-state index is 0.277. The second-order valence-corrected chi connectivity index (χ2v) is 17.0. The molecule has 0 aliphatic heterocycles. The lowest BCUT2D eigenvalue weighted by molar-refractivity contribution is 0.0646. The highest BCUT2D eigenvalue weighted by Gasteiger charge is 2.50. The number of Topliss-reactive ketones (excluding diaryl/α,β-unsaturated/α-hetero) is 1. The van der Waals surface area contributed by atoms with Crippen molar-refractivity contribution in [3.05, 3.63) is 222 Å². The Bertz CT molecular complexity index is 2560. The molecule has 3 unspecified atom stereocenters. The number of aryl methyl sites for hydroxylation is 4. The summed E-state index contributed by atoms with van der Waals surface area (Å²) in [5.41, 5.74) is 19.2. The van der Waals surface area contributed by atoms with Crippen LogP contribution in [0.25, 0.3) is 12.2 Å². The molecule has 2 heteroatoms. The summed E-state index contributed by atoms with van der Waals surface area (Å²) in [4.78, 5) is 14.0. The van der Waals surface area contributed by atoms with Crippen molar-refractivity contribution >= 4 is 17.9 Å². The van der Waals surface area contributed by atoms with Gasteiger partial charge in [0, 0.05) is 11.0 Å². The van der Waals surface area contributed by atoms with E-state index >= 15 is 0 Å². The normalized spacial score (nSPS) is 21.4. The maximum Gasteiger partial charge on any atom is 0.174 e. The van der Waals surface area contributed by atoms with Crippen molar-refractivity contribution in [3.63, 3.8) is 0 Å². The highest BCUT2D eigenvalue weighted by molar-refractivity contribution is 6.09. The fourth-order valence-electron chi connectivity index (χ4n) is 10.7. The highest BCUT2D eigenvalue weighted by Crippen LogP contribution is 2.56. The minimum atomic E-state index is -0.471. The number of hydrogen-bond acceptors (Lipinski definition) is 2. The van der Waals surface area contributed by atoms with Crippen LogP contribution in [0.2, 0.25) is 0 Å². The van der Waals surface area contributed by atoms with Crippen LogP contribution in [0.3, 0.4) is 0 Å². The van der Waals surface area contributed by atoms with E-state index in [9.17, 15) is 9.90 Å². The number of aliphatic hydroxyl groups excluding tert-OH is 1. The second kappa shape index (κ2) is 14.2. The minimum Gasteiger partial charge on any atom is -0.387 e. The predicted octanol–water partition coefficient (Wildman–Crippen LogP) is 11.7. The lowest BCUT2D eigenvalue weighted by atomic mass is 9.70. The third-order valence-electron chi connectivity index (χ3n) is 13.1. The van der Waals surface area contributed by atoms with Crippen LogP contribution in [-0.2, 0) is 38.5 Å². The number of hydrogen-bond donors (Lipinski definition) is 1. The van der Waals surface area contributed by atoms with Crippen molar-refractivity contribution in [2.75, 3.05) is 0 Å². The first-order valence-corrected chi connectivity index (χ1v) is 20.2. The molecular weight excluding hydrogens is 681 g/mol. The van der Waals surface area contributed by atoms with E-state index in [-0.39, 0.29) is 5.41 Å². The quantitative estimate of drug-likeness (QED) is 0.185. The second-order valence-electron chi connectivity index (χ2n) is 17.0. The molecule has 0 saturated carbocycles. The number of rotatable bonds is 6. The Balaban J connectivity index is 0.000000146. The van der Waals surface area contributed by atoms with E-state index in [0.29, 0.717) is 5.78 Å². The Morgan fingerprint density at radius 2 is 1.07 bits per heavy atom. The molecule has 6 aromatic carbocycles. The molecule has 4 aliphatic rings. The number of carbonyl (C=O) groups excluding carboxylic acids is 1. The topological polar surface area (TPSA) is 37.3 Å². The molecule has 6 aromatic rings. The summed E-state index contributed by atoms with van der Waals surface area (Å²) in [6.45, 7) is 8.51. The molecule has 1 N–H and O–H groups in total. The molecule has 3 atom stereocenters. The highest BCUT2D eigenvalue weighted by atomic mass is 16.3. The summed E-state index contributed by atoms with van der Waals surface area (Å²) in [5.74, 6) is 0.308. The van der Waals surface area contributed by atoms with Crippen molar-refractivity contribution in [2.45, 2.75) is 72.3 Å². The molecule has 56 heavy (non-hydrogen) atoms. The fourth-order valence-corrected chi connectivity index (χ4v) is 10.7. The van der Waals surface area contributed by atoms with E-state index in [1.54, 1.807) is 0 Å². The maximum atomic E-state index is 14.0. The first-order valence-electron chi connectivity index (χ1n) is 20.2. The smallest absolute Gasteiger partial charge is 0.174 e. The van der Waals surface area contributed by atoms with Crippen LogP contribution in [0.5, 0.6) is 0 Å². The molecule has 0 spiro atoms. The number of aliphatic hydroxyl groups is 1. The molecule has 278 valence electrons. The van der Waals surface area contributed by atoms with E-state index in [2.05, 4.69) is 167 Å². The molecule has 10 rings (SSSR count). The molecule has 0 radical (unpaired) electrons. The molecule has 0 saturated heterocycles. The van der Waals surface area contributed by atoms with Gasteiger partial charge in [0.25, 0.3) is 0 Å². The summed E-state index contributed by atoms with van der Waals surface area (Å²) in [5, 5.41) is 11.7. The molecule has 2 nitrogen and oxygen atoms in total. The Kier molecular flexibility index (Phi) is 9.14. The monoisotopic (exact) mass is 730 g/mol. The standard InChI is InChI=1S/C27H26O.C27H24O/c2*1-18-12-19(2)25-23(13-18)17-27(26(25)28,16-20-8-4-3-5-9-20)24-14-21-10-6-7-11-22(21)15-24/h3-14,26,28H,15-17H2,1-2H3;3-14H,15-17H2,1-2H3. The molecule has 0 heterocycles. The van der Waals surface area contributed by atoms with Gasteiger partial charge in [-0.1, -0.05) is 168 Å². The predicted molar refractivity (Wildman–Crippen MR) is 230 cm³/mol. The van der Waals surface area contributed by atoms with Gasteiger partial charge in [0.05, 0.1) is 11.5 Å². The third-order valence-corrected chi connectivity index (χ3v) is 13.1. The van der Waals surface area contributed by atoms with Crippen LogP contribution < -0.4 is 0 Å². The molecule has 0 aromatic heterocycles. The number of benzene rings is 6. The van der Waals surface area contributed by atoms with Crippen molar-refractivity contribution in [2.24, 2.45) is 10.8 Å². The number of allylic oxidation sites excluding steroid dienone is 1. The van der Waals surface area contributed by atoms with Crippen molar-refractivity contribution < 1.29 is 9.90 Å². The van der Waals surface area contributed by atoms with Crippen LogP contribution in [0.4, 0.5) is 0 Å². The Morgan fingerprint density at radius 3 is 1.70 bits per heavy atom. The van der Waals surface area contributed by atoms with Crippen LogP contribution >= 0.6 is 0 Å². The van der Waals surface area contributed by atoms with E-state index in [1.807, 2.05) is 6.07 Å². The van der Waals surface area contributed by atoms with Crippen LogP contribution in [0.1, 0.15) is 88.8 Å². The van der Waals surface area contributed by atoms with Crippen molar-refractivity contribution in [1.82, 2.24) is 0 Å². The first-order chi connectivity index (χ1) is 27.1. The Hall–Kier alpha value is -5.57. The van der Waals surface area contributed by atoms with Gasteiger partial charge >= 0.3 is 0 Å². The zero-order valence-corrected chi connectivity index (χ0v) is 33.0. The average molecular weight is 731 g/mol. The van der Waals surface area contributed by atoms with Crippen molar-refractivity contribution in [1.29, 1.82) is 0 Å². The van der Waals surface area contributed by atoms with Gasteiger partial charge in [-0.3, -0.25) is 4.79 Å². The largest absolute Gasteiger partial charge is 0.387 e. The van der Waals surface area contributed by atoms with E-state index in [1.165, 1.54) is 72.3 Å². The number of ketones is 1. The van der Waals surface area contributed by atoms with E-state index < -0.39 is 11.5 Å². The van der Waals surface area contributed by atoms with Crippen LogP contribution in [0.15, 0.2) is 145 Å². The lowest BCUT2D eigenvalue weighted by Crippen LogP contribution is -2.33. The van der Waals surface area contributed by atoms with Gasteiger partial charge in [-0.2, -0.15) is 0 Å². The number of fused-ring (bicyclic) bond motifs is 4. The summed E-state index contributed by atoms with van der Waals surface area (Å²) in [7, 11) is 0. The Morgan fingerprint density at radius 1 is 0.554 bits per heavy atom. The van der Waals surface area contributed by atoms with Gasteiger partial charge in [-0.15, -0.1) is 0 Å². The van der Waals surface area contributed by atoms with E-state index in [0.717, 1.165) is 55.2 Å². The third kappa shape index (κ3) is 6.21. The summed E-state index contributed by atoms with van der Waals surface area (Å²) < 4.78 is 0. The van der Waals surface area contributed by atoms with Gasteiger partial charge in [0.15, 0.2) is 5.78 Å². The van der Waals surface area contributed by atoms with Gasteiger partial charge in [-0.25, -0.2) is 0 Å². The zero-order chi connectivity index (χ0) is 38.6. The van der Waals surface area contributed by atoms with Gasteiger partial charge in [-0.05, 0) is 127 Å². The molecule has 4 aliphatic carbocycles. The number of carbonyl (C=O) groups is 1. The molecule has 0 amide bonds. The maximum absolute atomic E-state index is 14.0. The molecule has 0 fully saturated rings. The SMILES string of the molecule is Cc1cc(C)c2c(c1)CC(Cc1ccccc1)(C1=Cc3ccccc3C1)C2=O.Cc1cc(C)c2c(c1)CC(Cc1ccccc1)(C1=Cc3ccccc3C1)C2O. The summed E-state index contributed by atoms with van der Waals surface area (Å²) in [6, 6.07) is 47.2. The average Bonchev–Trinajstić information content (AvgIpc) is 3.95. The van der Waals surface area contributed by atoms with E-state index in [4.69, 9.17) is 0 Å². The van der Waals surface area contributed by atoms with Gasteiger partial charge in [0.2, 0.25) is 0 Å². The van der Waals surface area contributed by atoms with Gasteiger partial charge in [0.1, 0.15) is 0 Å². The fraction of sp³-hybridized carbons (Fsp3) is 0.241. The van der Waals surface area contributed by atoms with Crippen molar-refractivity contribution in [3.8, 4) is 0 Å². The van der Waals surface area contributed by atoms with Crippen LogP contribution in [-0.4, -0.2) is 10.9 Å².